The van der Waals surface area contributed by atoms with Crippen LogP contribution in [-0.4, -0.2) is 44.4 Å². The van der Waals surface area contributed by atoms with Gasteiger partial charge in [0, 0.05) is 30.9 Å². The average Bonchev–Trinajstić information content (AvgIpc) is 2.82. The molecule has 2 aromatic heterocycles. The molecule has 1 aliphatic rings. The summed E-state index contributed by atoms with van der Waals surface area (Å²) in [4.78, 5) is 29.3. The normalized spacial score (nSPS) is 16.8. The molecule has 3 heterocycles. The molecule has 0 saturated carbocycles. The first-order valence-corrected chi connectivity index (χ1v) is 6.94. The fourth-order valence-corrected chi connectivity index (χ4v) is 2.61. The largest absolute Gasteiger partial charge is 0.481 e. The topological polar surface area (TPSA) is 74.9 Å². The molecule has 1 N–H and O–H groups in total. The van der Waals surface area contributed by atoms with Crippen molar-refractivity contribution in [2.45, 2.75) is 13.8 Å². The van der Waals surface area contributed by atoms with Gasteiger partial charge in [0.2, 0.25) is 0 Å². The zero-order valence-electron chi connectivity index (χ0n) is 12.0. The summed E-state index contributed by atoms with van der Waals surface area (Å²) >= 11 is 0. The van der Waals surface area contributed by atoms with Crippen LogP contribution in [0.5, 0.6) is 0 Å². The molecule has 21 heavy (non-hydrogen) atoms. The van der Waals surface area contributed by atoms with Crippen molar-refractivity contribution in [3.8, 4) is 0 Å². The van der Waals surface area contributed by atoms with Crippen LogP contribution < -0.4 is 0 Å². The number of fused-ring (bicyclic) bond motifs is 1. The predicted octanol–water partition coefficient (Wildman–Crippen LogP) is 1.44. The standard InChI is InChI=1S/C15H17N3O3/c1-9-4-3-5-13-16-12(8-18(9)13)14(19)17-6-11(7-17)10(2)15(20)21/h3-5,8,10-11H,6-7H2,1-2H3,(H,20,21). The molecular formula is C15H17N3O3. The Morgan fingerprint density at radius 2 is 2.10 bits per heavy atom. The van der Waals surface area contributed by atoms with E-state index in [1.165, 1.54) is 0 Å². The third-order valence-electron chi connectivity index (χ3n) is 4.21. The van der Waals surface area contributed by atoms with Crippen LogP contribution in [0.15, 0.2) is 24.4 Å². The summed E-state index contributed by atoms with van der Waals surface area (Å²) in [5.74, 6) is -1.33. The molecule has 1 saturated heterocycles. The highest BCUT2D eigenvalue weighted by molar-refractivity contribution is 5.93. The first-order valence-electron chi connectivity index (χ1n) is 6.94. The fourth-order valence-electron chi connectivity index (χ4n) is 2.61. The number of hydrogen-bond donors (Lipinski definition) is 1. The third kappa shape index (κ3) is 2.26. The van der Waals surface area contributed by atoms with Gasteiger partial charge in [0.05, 0.1) is 5.92 Å². The molecule has 0 bridgehead atoms. The van der Waals surface area contributed by atoms with E-state index in [1.807, 2.05) is 29.5 Å². The molecule has 0 radical (unpaired) electrons. The summed E-state index contributed by atoms with van der Waals surface area (Å²) in [6.45, 7) is 4.61. The van der Waals surface area contributed by atoms with Gasteiger partial charge in [-0.3, -0.25) is 9.59 Å². The highest BCUT2D eigenvalue weighted by Crippen LogP contribution is 2.25. The van der Waals surface area contributed by atoms with Gasteiger partial charge in [-0.2, -0.15) is 0 Å². The molecule has 110 valence electrons. The molecule has 1 amide bonds. The van der Waals surface area contributed by atoms with Crippen molar-refractivity contribution in [2.24, 2.45) is 11.8 Å². The lowest BCUT2D eigenvalue weighted by molar-refractivity contribution is -0.144. The van der Waals surface area contributed by atoms with Gasteiger partial charge in [0.15, 0.2) is 0 Å². The second-order valence-electron chi connectivity index (χ2n) is 5.62. The zero-order chi connectivity index (χ0) is 15.1. The van der Waals surface area contributed by atoms with Crippen molar-refractivity contribution in [1.82, 2.24) is 14.3 Å². The Balaban J connectivity index is 1.74. The van der Waals surface area contributed by atoms with Gasteiger partial charge in [-0.15, -0.1) is 0 Å². The molecule has 0 aromatic carbocycles. The van der Waals surface area contributed by atoms with E-state index in [9.17, 15) is 9.59 Å². The van der Waals surface area contributed by atoms with E-state index in [1.54, 1.807) is 18.0 Å². The monoisotopic (exact) mass is 287 g/mol. The van der Waals surface area contributed by atoms with Gasteiger partial charge in [0.25, 0.3) is 5.91 Å². The second-order valence-corrected chi connectivity index (χ2v) is 5.62. The molecule has 0 aliphatic carbocycles. The lowest BCUT2D eigenvalue weighted by Crippen LogP contribution is -2.53. The minimum Gasteiger partial charge on any atom is -0.481 e. The maximum atomic E-state index is 12.3. The van der Waals surface area contributed by atoms with Gasteiger partial charge in [-0.05, 0) is 19.1 Å². The summed E-state index contributed by atoms with van der Waals surface area (Å²) in [6, 6.07) is 5.71. The van der Waals surface area contributed by atoms with Gasteiger partial charge < -0.3 is 14.4 Å². The van der Waals surface area contributed by atoms with Gasteiger partial charge in [0.1, 0.15) is 11.3 Å². The van der Waals surface area contributed by atoms with Crippen LogP contribution in [0, 0.1) is 18.8 Å². The van der Waals surface area contributed by atoms with E-state index in [4.69, 9.17) is 5.11 Å². The highest BCUT2D eigenvalue weighted by atomic mass is 16.4. The molecular weight excluding hydrogens is 270 g/mol. The first kappa shape index (κ1) is 13.6. The van der Waals surface area contributed by atoms with E-state index >= 15 is 0 Å². The lowest BCUT2D eigenvalue weighted by atomic mass is 9.87. The van der Waals surface area contributed by atoms with E-state index in [0.29, 0.717) is 18.8 Å². The highest BCUT2D eigenvalue weighted by Gasteiger charge is 2.38. The number of aliphatic carboxylic acids is 1. The number of nitrogens with zero attached hydrogens (tertiary/aromatic N) is 3. The summed E-state index contributed by atoms with van der Waals surface area (Å²) in [5.41, 5.74) is 2.17. The number of carbonyl (C=O) groups excluding carboxylic acids is 1. The zero-order valence-corrected chi connectivity index (χ0v) is 12.0. The maximum Gasteiger partial charge on any atom is 0.306 e. The van der Waals surface area contributed by atoms with Crippen LogP contribution in [0.25, 0.3) is 5.65 Å². The maximum absolute atomic E-state index is 12.3. The fraction of sp³-hybridized carbons (Fsp3) is 0.400. The van der Waals surface area contributed by atoms with Crippen LogP contribution in [-0.2, 0) is 4.79 Å². The lowest BCUT2D eigenvalue weighted by Gasteiger charge is -2.40. The first-order chi connectivity index (χ1) is 9.97. The van der Waals surface area contributed by atoms with Crippen molar-refractivity contribution in [3.63, 3.8) is 0 Å². The number of aromatic nitrogens is 2. The van der Waals surface area contributed by atoms with Crippen molar-refractivity contribution in [3.05, 3.63) is 35.8 Å². The van der Waals surface area contributed by atoms with Crippen molar-refractivity contribution < 1.29 is 14.7 Å². The van der Waals surface area contributed by atoms with Crippen molar-refractivity contribution in [1.29, 1.82) is 0 Å². The molecule has 1 fully saturated rings. The minimum atomic E-state index is -0.810. The molecule has 0 spiro atoms. The number of hydrogen-bond acceptors (Lipinski definition) is 3. The Morgan fingerprint density at radius 1 is 1.38 bits per heavy atom. The number of imidazole rings is 1. The van der Waals surface area contributed by atoms with E-state index in [2.05, 4.69) is 4.98 Å². The number of carboxylic acid groups (broad SMARTS) is 1. The van der Waals surface area contributed by atoms with Crippen LogP contribution >= 0.6 is 0 Å². The number of carboxylic acids is 1. The summed E-state index contributed by atoms with van der Waals surface area (Å²) in [5, 5.41) is 8.97. The Kier molecular flexibility index (Phi) is 3.16. The SMILES string of the molecule is Cc1cccc2nc(C(=O)N3CC(C(C)C(=O)O)C3)cn12. The second kappa shape index (κ2) is 4.87. The van der Waals surface area contributed by atoms with Crippen LogP contribution in [0.3, 0.4) is 0 Å². The summed E-state index contributed by atoms with van der Waals surface area (Å²) in [7, 11) is 0. The molecule has 3 rings (SSSR count). The summed E-state index contributed by atoms with van der Waals surface area (Å²) in [6.07, 6.45) is 1.74. The van der Waals surface area contributed by atoms with Gasteiger partial charge in [-0.25, -0.2) is 4.98 Å². The number of likely N-dealkylation sites (tertiary alicyclic amines) is 1. The summed E-state index contributed by atoms with van der Waals surface area (Å²) < 4.78 is 1.88. The number of amides is 1. The molecule has 2 aromatic rings. The Bertz CT molecular complexity index is 716. The van der Waals surface area contributed by atoms with Gasteiger partial charge >= 0.3 is 5.97 Å². The number of carbonyl (C=O) groups is 2. The molecule has 1 unspecified atom stereocenters. The smallest absolute Gasteiger partial charge is 0.306 e. The Labute approximate surface area is 122 Å². The Morgan fingerprint density at radius 3 is 2.71 bits per heavy atom. The van der Waals surface area contributed by atoms with Crippen LogP contribution in [0.2, 0.25) is 0 Å². The third-order valence-corrected chi connectivity index (χ3v) is 4.21. The minimum absolute atomic E-state index is 0.0326. The molecule has 1 aliphatic heterocycles. The number of rotatable bonds is 3. The predicted molar refractivity (Wildman–Crippen MR) is 76.1 cm³/mol. The Hall–Kier alpha value is -2.37. The van der Waals surface area contributed by atoms with Crippen molar-refractivity contribution in [2.75, 3.05) is 13.1 Å². The molecule has 1 atom stereocenters. The van der Waals surface area contributed by atoms with E-state index in [-0.39, 0.29) is 11.8 Å². The molecule has 6 nitrogen and oxygen atoms in total. The van der Waals surface area contributed by atoms with Crippen molar-refractivity contribution >= 4 is 17.5 Å². The van der Waals surface area contributed by atoms with E-state index < -0.39 is 11.9 Å². The number of pyridine rings is 1. The quantitative estimate of drug-likeness (QED) is 0.926. The van der Waals surface area contributed by atoms with E-state index in [0.717, 1.165) is 11.3 Å². The number of aryl methyl sites for hydroxylation is 1. The molecule has 6 heteroatoms. The van der Waals surface area contributed by atoms with Crippen LogP contribution in [0.4, 0.5) is 0 Å². The van der Waals surface area contributed by atoms with Gasteiger partial charge in [-0.1, -0.05) is 13.0 Å². The van der Waals surface area contributed by atoms with Crippen LogP contribution in [0.1, 0.15) is 23.1 Å². The average molecular weight is 287 g/mol.